The fourth-order valence-electron chi connectivity index (χ4n) is 1.24. The Bertz CT molecular complexity index is 395. The Morgan fingerprint density at radius 1 is 1.67 bits per heavy atom. The van der Waals surface area contributed by atoms with Crippen molar-refractivity contribution in [2.75, 3.05) is 0 Å². The van der Waals surface area contributed by atoms with Crippen molar-refractivity contribution in [3.8, 4) is 0 Å². The molecule has 0 aliphatic rings. The van der Waals surface area contributed by atoms with Crippen LogP contribution in [-0.2, 0) is 4.79 Å². The summed E-state index contributed by atoms with van der Waals surface area (Å²) in [5, 5.41) is 8.91. The van der Waals surface area contributed by atoms with E-state index in [1.54, 1.807) is 6.92 Å². The van der Waals surface area contributed by atoms with Crippen LogP contribution in [0, 0.1) is 12.7 Å². The van der Waals surface area contributed by atoms with E-state index in [0.29, 0.717) is 10.6 Å². The van der Waals surface area contributed by atoms with E-state index in [1.807, 2.05) is 0 Å². The highest BCUT2D eigenvalue weighted by atomic mass is 35.5. The zero-order chi connectivity index (χ0) is 11.6. The average molecular weight is 232 g/mol. The van der Waals surface area contributed by atoms with Gasteiger partial charge in [-0.25, -0.2) is 4.39 Å². The largest absolute Gasteiger partial charge is 0.481 e. The summed E-state index contributed by atoms with van der Waals surface area (Å²) in [6.45, 7) is 1.66. The van der Waals surface area contributed by atoms with Crippen molar-refractivity contribution < 1.29 is 14.3 Å². The fraction of sp³-hybridized carbons (Fsp3) is 0.300. The maximum absolute atomic E-state index is 13.4. The number of hydrogen-bond acceptors (Lipinski definition) is 2. The van der Waals surface area contributed by atoms with Crippen LogP contribution in [0.15, 0.2) is 12.1 Å². The van der Waals surface area contributed by atoms with Crippen LogP contribution in [0.2, 0.25) is 5.02 Å². The minimum Gasteiger partial charge on any atom is -0.481 e. The summed E-state index contributed by atoms with van der Waals surface area (Å²) >= 11 is 5.80. The quantitative estimate of drug-likeness (QED) is 0.839. The first-order valence-corrected chi connectivity index (χ1v) is 4.72. The lowest BCUT2D eigenvalue weighted by molar-refractivity contribution is -0.137. The van der Waals surface area contributed by atoms with Gasteiger partial charge in [0, 0.05) is 16.6 Å². The molecule has 3 N–H and O–H groups in total. The van der Waals surface area contributed by atoms with Crippen LogP contribution in [-0.4, -0.2) is 11.1 Å². The standard InChI is InChI=1S/C10H11ClFNO2/c1-5-2-8(12)6(3-7(5)11)9(13)4-10(14)15/h2-3,9H,4,13H2,1H3,(H,14,15). The van der Waals surface area contributed by atoms with E-state index in [2.05, 4.69) is 0 Å². The number of rotatable bonds is 3. The van der Waals surface area contributed by atoms with E-state index in [1.165, 1.54) is 12.1 Å². The monoisotopic (exact) mass is 231 g/mol. The molecule has 1 rings (SSSR count). The van der Waals surface area contributed by atoms with E-state index in [4.69, 9.17) is 22.4 Å². The molecule has 3 nitrogen and oxygen atoms in total. The molecule has 0 bridgehead atoms. The van der Waals surface area contributed by atoms with Crippen molar-refractivity contribution in [3.63, 3.8) is 0 Å². The summed E-state index contributed by atoms with van der Waals surface area (Å²) < 4.78 is 13.4. The summed E-state index contributed by atoms with van der Waals surface area (Å²) in [5.41, 5.74) is 6.27. The Morgan fingerprint density at radius 3 is 2.80 bits per heavy atom. The van der Waals surface area contributed by atoms with E-state index >= 15 is 0 Å². The second kappa shape index (κ2) is 4.59. The molecule has 5 heteroatoms. The number of nitrogens with two attached hydrogens (primary N) is 1. The number of carboxylic acid groups (broad SMARTS) is 1. The third kappa shape index (κ3) is 2.91. The minimum atomic E-state index is -1.07. The first-order valence-electron chi connectivity index (χ1n) is 4.34. The molecule has 1 aromatic carbocycles. The lowest BCUT2D eigenvalue weighted by Gasteiger charge is -2.12. The second-order valence-electron chi connectivity index (χ2n) is 3.33. The molecule has 0 saturated carbocycles. The van der Waals surface area contributed by atoms with Gasteiger partial charge in [0.25, 0.3) is 0 Å². The van der Waals surface area contributed by atoms with Crippen molar-refractivity contribution in [1.82, 2.24) is 0 Å². The zero-order valence-electron chi connectivity index (χ0n) is 8.13. The van der Waals surface area contributed by atoms with Crippen molar-refractivity contribution in [2.24, 2.45) is 5.73 Å². The maximum Gasteiger partial charge on any atom is 0.305 e. The van der Waals surface area contributed by atoms with E-state index in [9.17, 15) is 9.18 Å². The highest BCUT2D eigenvalue weighted by Crippen LogP contribution is 2.25. The Kier molecular flexibility index (Phi) is 3.66. The van der Waals surface area contributed by atoms with Gasteiger partial charge in [0.15, 0.2) is 0 Å². The first-order chi connectivity index (χ1) is 6.91. The number of benzene rings is 1. The molecule has 0 aliphatic carbocycles. The van der Waals surface area contributed by atoms with Crippen LogP contribution < -0.4 is 5.73 Å². The summed E-state index contributed by atoms with van der Waals surface area (Å²) in [5.74, 6) is -1.59. The Morgan fingerprint density at radius 2 is 2.27 bits per heavy atom. The number of carboxylic acids is 1. The zero-order valence-corrected chi connectivity index (χ0v) is 8.88. The number of hydrogen-bond donors (Lipinski definition) is 2. The molecule has 1 atom stereocenters. The Balaban J connectivity index is 3.03. The molecular weight excluding hydrogens is 221 g/mol. The van der Waals surface area contributed by atoms with Crippen molar-refractivity contribution >= 4 is 17.6 Å². The van der Waals surface area contributed by atoms with Gasteiger partial charge in [0.2, 0.25) is 0 Å². The van der Waals surface area contributed by atoms with Crippen LogP contribution in [0.3, 0.4) is 0 Å². The molecule has 1 aromatic rings. The van der Waals surface area contributed by atoms with Crippen molar-refractivity contribution in [3.05, 3.63) is 34.1 Å². The molecule has 82 valence electrons. The van der Waals surface area contributed by atoms with Crippen molar-refractivity contribution in [2.45, 2.75) is 19.4 Å². The number of aryl methyl sites for hydroxylation is 1. The predicted octanol–water partition coefficient (Wildman–Crippen LogP) is 2.26. The van der Waals surface area contributed by atoms with Crippen LogP contribution in [0.1, 0.15) is 23.6 Å². The van der Waals surface area contributed by atoms with Gasteiger partial charge in [-0.2, -0.15) is 0 Å². The molecule has 15 heavy (non-hydrogen) atoms. The van der Waals surface area contributed by atoms with Gasteiger partial charge < -0.3 is 10.8 Å². The molecule has 0 heterocycles. The smallest absolute Gasteiger partial charge is 0.305 e. The average Bonchev–Trinajstić information content (AvgIpc) is 2.09. The molecule has 1 unspecified atom stereocenters. The Hall–Kier alpha value is -1.13. The maximum atomic E-state index is 13.4. The normalized spacial score (nSPS) is 12.5. The lowest BCUT2D eigenvalue weighted by Crippen LogP contribution is -2.16. The first kappa shape index (κ1) is 11.9. The highest BCUT2D eigenvalue weighted by Gasteiger charge is 2.16. The van der Waals surface area contributed by atoms with Gasteiger partial charge in [0.1, 0.15) is 5.82 Å². The highest BCUT2D eigenvalue weighted by molar-refractivity contribution is 6.31. The van der Waals surface area contributed by atoms with Gasteiger partial charge in [-0.05, 0) is 24.6 Å². The molecule has 0 aromatic heterocycles. The molecule has 0 amide bonds. The van der Waals surface area contributed by atoms with Gasteiger partial charge in [-0.15, -0.1) is 0 Å². The Labute approximate surface area is 91.7 Å². The summed E-state index contributed by atoms with van der Waals surface area (Å²) in [7, 11) is 0. The van der Waals surface area contributed by atoms with Crippen LogP contribution in [0.25, 0.3) is 0 Å². The van der Waals surface area contributed by atoms with Gasteiger partial charge in [-0.1, -0.05) is 11.6 Å². The van der Waals surface area contributed by atoms with E-state index < -0.39 is 17.8 Å². The third-order valence-electron chi connectivity index (χ3n) is 2.07. The van der Waals surface area contributed by atoms with Gasteiger partial charge >= 0.3 is 5.97 Å². The summed E-state index contributed by atoms with van der Waals surface area (Å²) in [4.78, 5) is 10.4. The lowest BCUT2D eigenvalue weighted by atomic mass is 10.0. The van der Waals surface area contributed by atoms with Crippen molar-refractivity contribution in [1.29, 1.82) is 0 Å². The van der Waals surface area contributed by atoms with Crippen LogP contribution in [0.4, 0.5) is 4.39 Å². The van der Waals surface area contributed by atoms with Gasteiger partial charge in [0.05, 0.1) is 6.42 Å². The molecule has 0 spiro atoms. The third-order valence-corrected chi connectivity index (χ3v) is 2.48. The summed E-state index contributed by atoms with van der Waals surface area (Å²) in [6, 6.07) is 1.75. The molecule has 0 fully saturated rings. The number of carbonyl (C=O) groups is 1. The molecule has 0 aliphatic heterocycles. The van der Waals surface area contributed by atoms with Gasteiger partial charge in [-0.3, -0.25) is 4.79 Å². The molecule has 0 saturated heterocycles. The predicted molar refractivity (Wildman–Crippen MR) is 55.3 cm³/mol. The molecular formula is C10H11ClFNO2. The fourth-order valence-corrected chi connectivity index (χ4v) is 1.42. The minimum absolute atomic E-state index is 0.132. The summed E-state index contributed by atoms with van der Waals surface area (Å²) in [6.07, 6.45) is -0.323. The second-order valence-corrected chi connectivity index (χ2v) is 3.73. The van der Waals surface area contributed by atoms with Crippen LogP contribution >= 0.6 is 11.6 Å². The molecule has 0 radical (unpaired) electrons. The number of aliphatic carboxylic acids is 1. The number of halogens is 2. The van der Waals surface area contributed by atoms with E-state index in [0.717, 1.165) is 0 Å². The SMILES string of the molecule is Cc1cc(F)c(C(N)CC(=O)O)cc1Cl. The van der Waals surface area contributed by atoms with E-state index in [-0.39, 0.29) is 12.0 Å². The topological polar surface area (TPSA) is 63.3 Å². The van der Waals surface area contributed by atoms with Crippen LogP contribution in [0.5, 0.6) is 0 Å².